The Hall–Kier alpha value is -2.73. The lowest BCUT2D eigenvalue weighted by molar-refractivity contribution is -0.138. The predicted octanol–water partition coefficient (Wildman–Crippen LogP) is 4.26. The van der Waals surface area contributed by atoms with Crippen LogP contribution in [0.4, 0.5) is 0 Å². The molecule has 26 heavy (non-hydrogen) atoms. The minimum absolute atomic E-state index is 0.577. The summed E-state index contributed by atoms with van der Waals surface area (Å²) in [7, 11) is -1.10. The smallest absolute Gasteiger partial charge is 0.310 e. The largest absolute Gasteiger partial charge is 0.481 e. The summed E-state index contributed by atoms with van der Waals surface area (Å²) in [6, 6.07) is 12.6. The molecular formula is C20H19NO4S. The Morgan fingerprint density at radius 1 is 1.15 bits per heavy atom. The highest BCUT2D eigenvalue weighted by Gasteiger charge is 2.15. The summed E-state index contributed by atoms with van der Waals surface area (Å²) in [6.07, 6.45) is 3.29. The Morgan fingerprint density at radius 3 is 2.58 bits per heavy atom. The zero-order valence-corrected chi connectivity index (χ0v) is 15.5. The molecule has 6 heteroatoms. The van der Waals surface area contributed by atoms with E-state index >= 15 is 0 Å². The molecule has 0 saturated carbocycles. The van der Waals surface area contributed by atoms with Crippen LogP contribution in [-0.4, -0.2) is 26.5 Å². The van der Waals surface area contributed by atoms with Crippen molar-refractivity contribution in [2.24, 2.45) is 0 Å². The van der Waals surface area contributed by atoms with Crippen molar-refractivity contribution in [3.8, 4) is 11.5 Å². The number of aromatic nitrogens is 1. The summed E-state index contributed by atoms with van der Waals surface area (Å²) in [4.78, 5) is 16.2. The van der Waals surface area contributed by atoms with Gasteiger partial charge in [0.05, 0.1) is 11.4 Å². The fourth-order valence-electron chi connectivity index (χ4n) is 2.69. The first kappa shape index (κ1) is 18.1. The third-order valence-electron chi connectivity index (χ3n) is 4.29. The van der Waals surface area contributed by atoms with Gasteiger partial charge < -0.3 is 9.84 Å². The third-order valence-corrected chi connectivity index (χ3v) is 5.21. The van der Waals surface area contributed by atoms with E-state index in [-0.39, 0.29) is 0 Å². The number of rotatable bonds is 5. The van der Waals surface area contributed by atoms with E-state index in [1.165, 1.54) is 0 Å². The lowest BCUT2D eigenvalue weighted by Crippen LogP contribution is -2.07. The van der Waals surface area contributed by atoms with Crippen molar-refractivity contribution >= 4 is 27.7 Å². The maximum atomic E-state index is 11.8. The summed E-state index contributed by atoms with van der Waals surface area (Å²) >= 11 is 0. The summed E-state index contributed by atoms with van der Waals surface area (Å²) in [6.45, 7) is 3.53. The lowest BCUT2D eigenvalue weighted by atomic mass is 9.99. The Kier molecular flexibility index (Phi) is 5.04. The number of aryl methyl sites for hydroxylation is 1. The van der Waals surface area contributed by atoms with Crippen molar-refractivity contribution in [1.82, 2.24) is 4.98 Å². The van der Waals surface area contributed by atoms with Crippen molar-refractivity contribution in [1.29, 1.82) is 0 Å². The van der Waals surface area contributed by atoms with Gasteiger partial charge in [0.2, 0.25) is 0 Å². The van der Waals surface area contributed by atoms with E-state index in [1.807, 2.05) is 25.1 Å². The highest BCUT2D eigenvalue weighted by molar-refractivity contribution is 7.84. The number of hydrogen-bond acceptors (Lipinski definition) is 4. The summed E-state index contributed by atoms with van der Waals surface area (Å²) in [5.41, 5.74) is 2.33. The van der Waals surface area contributed by atoms with Crippen LogP contribution in [0.25, 0.3) is 10.9 Å². The average Bonchev–Trinajstić information content (AvgIpc) is 2.62. The molecule has 0 saturated heterocycles. The van der Waals surface area contributed by atoms with Gasteiger partial charge in [-0.3, -0.25) is 14.0 Å². The molecule has 0 aliphatic rings. The number of pyridine rings is 1. The molecule has 5 nitrogen and oxygen atoms in total. The zero-order chi connectivity index (χ0) is 18.8. The molecule has 134 valence electrons. The molecular weight excluding hydrogens is 350 g/mol. The van der Waals surface area contributed by atoms with Crippen LogP contribution in [0, 0.1) is 6.92 Å². The summed E-state index contributed by atoms with van der Waals surface area (Å²) in [5, 5.41) is 9.94. The van der Waals surface area contributed by atoms with Crippen LogP contribution in [0.1, 0.15) is 24.0 Å². The minimum atomic E-state index is -1.10. The first-order valence-corrected chi connectivity index (χ1v) is 9.66. The second kappa shape index (κ2) is 7.25. The highest BCUT2D eigenvalue weighted by Crippen LogP contribution is 2.33. The monoisotopic (exact) mass is 369 g/mol. The fourth-order valence-corrected chi connectivity index (χ4v) is 3.23. The molecule has 0 aliphatic heterocycles. The van der Waals surface area contributed by atoms with Gasteiger partial charge in [-0.05, 0) is 55.3 Å². The van der Waals surface area contributed by atoms with Gasteiger partial charge in [-0.2, -0.15) is 0 Å². The first-order chi connectivity index (χ1) is 12.4. The molecule has 1 heterocycles. The maximum Gasteiger partial charge on any atom is 0.310 e. The minimum Gasteiger partial charge on any atom is -0.481 e. The zero-order valence-electron chi connectivity index (χ0n) is 14.7. The van der Waals surface area contributed by atoms with Crippen molar-refractivity contribution in [3.63, 3.8) is 0 Å². The number of fused-ring (bicyclic) bond motifs is 1. The average molecular weight is 369 g/mol. The van der Waals surface area contributed by atoms with Gasteiger partial charge in [-0.1, -0.05) is 12.1 Å². The predicted molar refractivity (Wildman–Crippen MR) is 101 cm³/mol. The molecule has 1 aromatic heterocycles. The molecule has 2 atom stereocenters. The van der Waals surface area contributed by atoms with E-state index in [4.69, 9.17) is 9.84 Å². The van der Waals surface area contributed by atoms with Gasteiger partial charge in [0.25, 0.3) is 0 Å². The highest BCUT2D eigenvalue weighted by atomic mass is 32.2. The molecule has 0 amide bonds. The van der Waals surface area contributed by atoms with Crippen molar-refractivity contribution in [3.05, 3.63) is 59.8 Å². The lowest BCUT2D eigenvalue weighted by Gasteiger charge is -2.14. The number of ether oxygens (including phenoxy) is 1. The first-order valence-electron chi connectivity index (χ1n) is 8.10. The topological polar surface area (TPSA) is 76.5 Å². The second-order valence-corrected chi connectivity index (χ2v) is 7.51. The van der Waals surface area contributed by atoms with E-state index in [2.05, 4.69) is 4.98 Å². The number of carboxylic acids is 1. The molecule has 3 rings (SSSR count). The quantitative estimate of drug-likeness (QED) is 0.727. The molecule has 0 bridgehead atoms. The van der Waals surface area contributed by atoms with Crippen molar-refractivity contribution < 1.29 is 18.8 Å². The number of nitrogens with zero attached hydrogens (tertiary/aromatic N) is 1. The second-order valence-electron chi connectivity index (χ2n) is 6.13. The molecule has 2 aromatic carbocycles. The van der Waals surface area contributed by atoms with E-state index in [0.29, 0.717) is 16.4 Å². The molecule has 0 radical (unpaired) electrons. The number of aliphatic carboxylic acids is 1. The molecule has 0 aliphatic carbocycles. The summed E-state index contributed by atoms with van der Waals surface area (Å²) < 4.78 is 17.8. The van der Waals surface area contributed by atoms with Crippen LogP contribution in [0.2, 0.25) is 0 Å². The van der Waals surface area contributed by atoms with Gasteiger partial charge in [-0.15, -0.1) is 0 Å². The van der Waals surface area contributed by atoms with Gasteiger partial charge >= 0.3 is 5.97 Å². The van der Waals surface area contributed by atoms with Gasteiger partial charge in [0, 0.05) is 33.5 Å². The normalized spacial score (nSPS) is 13.3. The molecule has 3 aromatic rings. The number of carbonyl (C=O) groups is 1. The van der Waals surface area contributed by atoms with Crippen LogP contribution in [0.15, 0.2) is 53.6 Å². The van der Waals surface area contributed by atoms with Gasteiger partial charge in [-0.25, -0.2) is 0 Å². The molecule has 2 unspecified atom stereocenters. The van der Waals surface area contributed by atoms with Gasteiger partial charge in [0.15, 0.2) is 0 Å². The van der Waals surface area contributed by atoms with Crippen molar-refractivity contribution in [2.45, 2.75) is 24.7 Å². The standard InChI is InChI=1S/C20H19NO4S/c1-12-10-14(13(2)20(22)23)4-7-18(12)25-19-8-9-21-17-6-5-15(26(3)24)11-16(17)19/h4-11,13H,1-3H3,(H,22,23). The Balaban J connectivity index is 2.00. The van der Waals surface area contributed by atoms with Crippen LogP contribution >= 0.6 is 0 Å². The van der Waals surface area contributed by atoms with E-state index in [9.17, 15) is 9.00 Å². The van der Waals surface area contributed by atoms with Crippen LogP contribution < -0.4 is 4.74 Å². The van der Waals surface area contributed by atoms with Crippen LogP contribution in [0.3, 0.4) is 0 Å². The third kappa shape index (κ3) is 3.60. The fraction of sp³-hybridized carbons (Fsp3) is 0.200. The number of hydrogen-bond donors (Lipinski definition) is 1. The Bertz CT molecular complexity index is 1020. The van der Waals surface area contributed by atoms with Crippen LogP contribution in [0.5, 0.6) is 11.5 Å². The number of carboxylic acid groups (broad SMARTS) is 1. The Morgan fingerprint density at radius 2 is 1.92 bits per heavy atom. The van der Waals surface area contributed by atoms with Crippen LogP contribution in [-0.2, 0) is 15.6 Å². The maximum absolute atomic E-state index is 11.8. The van der Waals surface area contributed by atoms with Gasteiger partial charge in [0.1, 0.15) is 11.5 Å². The van der Waals surface area contributed by atoms with Crippen molar-refractivity contribution in [2.75, 3.05) is 6.26 Å². The van der Waals surface area contributed by atoms with E-state index in [1.54, 1.807) is 43.6 Å². The molecule has 0 spiro atoms. The summed E-state index contributed by atoms with van der Waals surface area (Å²) in [5.74, 6) is -0.184. The SMILES string of the molecule is Cc1cc(C(C)C(=O)O)ccc1Oc1ccnc2ccc(S(C)=O)cc12. The Labute approximate surface area is 154 Å². The number of benzene rings is 2. The molecule has 0 fully saturated rings. The van der Waals surface area contributed by atoms with E-state index < -0.39 is 22.7 Å². The molecule has 1 N–H and O–H groups in total. The van der Waals surface area contributed by atoms with E-state index in [0.717, 1.165) is 22.0 Å².